The summed E-state index contributed by atoms with van der Waals surface area (Å²) in [7, 11) is 0. The third-order valence-corrected chi connectivity index (χ3v) is 4.89. The van der Waals surface area contributed by atoms with Crippen LogP contribution >= 0.6 is 0 Å². The van der Waals surface area contributed by atoms with Crippen molar-refractivity contribution >= 4 is 11.8 Å². The Labute approximate surface area is 179 Å². The van der Waals surface area contributed by atoms with Crippen molar-refractivity contribution < 1.29 is 26.3 Å². The molecule has 0 amide bonds. The van der Waals surface area contributed by atoms with Gasteiger partial charge < -0.3 is 5.32 Å². The van der Waals surface area contributed by atoms with Crippen molar-refractivity contribution in [1.29, 1.82) is 0 Å². The molecule has 1 aliphatic rings. The summed E-state index contributed by atoms with van der Waals surface area (Å²) in [5.74, 6) is -1.74. The van der Waals surface area contributed by atoms with Gasteiger partial charge in [-0.05, 0) is 31.7 Å². The van der Waals surface area contributed by atoms with E-state index in [0.717, 1.165) is 25.3 Å². The summed E-state index contributed by atoms with van der Waals surface area (Å²) < 4.78 is 78.9. The maximum absolute atomic E-state index is 13.5. The van der Waals surface area contributed by atoms with Gasteiger partial charge in [0.15, 0.2) is 5.82 Å². The maximum atomic E-state index is 13.5. The summed E-state index contributed by atoms with van der Waals surface area (Å²) in [5, 5.41) is 7.93. The molecule has 0 saturated carbocycles. The molecule has 4 rings (SSSR count). The van der Waals surface area contributed by atoms with E-state index in [1.54, 1.807) is 5.10 Å². The summed E-state index contributed by atoms with van der Waals surface area (Å²) in [6.07, 6.45) is -5.79. The van der Waals surface area contributed by atoms with Gasteiger partial charge in [0, 0.05) is 16.8 Å². The fraction of sp³-hybridized carbons (Fsp3) is 0.400. The van der Waals surface area contributed by atoms with Crippen molar-refractivity contribution in [3.05, 3.63) is 46.9 Å². The number of anilines is 2. The number of aromatic nitrogens is 5. The van der Waals surface area contributed by atoms with Crippen LogP contribution in [0.2, 0.25) is 0 Å². The first-order valence-corrected chi connectivity index (χ1v) is 9.46. The van der Waals surface area contributed by atoms with Crippen LogP contribution in [0.3, 0.4) is 0 Å². The fourth-order valence-corrected chi connectivity index (χ4v) is 3.47. The number of hydrogen-bond donors (Lipinski definition) is 2. The molecule has 0 radical (unpaired) electrons. The van der Waals surface area contributed by atoms with Crippen molar-refractivity contribution in [1.82, 2.24) is 25.1 Å². The van der Waals surface area contributed by atoms with Gasteiger partial charge in [-0.25, -0.2) is 9.97 Å². The summed E-state index contributed by atoms with van der Waals surface area (Å²) >= 11 is 0. The molecule has 2 aromatic heterocycles. The summed E-state index contributed by atoms with van der Waals surface area (Å²) in [5.41, 5.74) is 0.0977. The molecule has 6 nitrogen and oxygen atoms in total. The minimum Gasteiger partial charge on any atom is -0.307 e. The molecule has 172 valence electrons. The van der Waals surface area contributed by atoms with Crippen LogP contribution in [0, 0.1) is 0 Å². The first kappa shape index (κ1) is 23.5. The Kier molecular flexibility index (Phi) is 6.42. The van der Waals surface area contributed by atoms with E-state index in [1.807, 2.05) is 0 Å². The van der Waals surface area contributed by atoms with Crippen molar-refractivity contribution in [3.8, 4) is 11.4 Å². The number of alkyl halides is 6. The van der Waals surface area contributed by atoms with Gasteiger partial charge in [-0.3, -0.25) is 5.10 Å². The van der Waals surface area contributed by atoms with Gasteiger partial charge in [0.1, 0.15) is 5.82 Å². The summed E-state index contributed by atoms with van der Waals surface area (Å²) in [6, 6.07) is 4.90. The average molecular weight is 458 g/mol. The monoisotopic (exact) mass is 458 g/mol. The second kappa shape index (κ2) is 8.75. The van der Waals surface area contributed by atoms with Crippen LogP contribution in [0.25, 0.3) is 11.4 Å². The van der Waals surface area contributed by atoms with E-state index >= 15 is 0 Å². The third kappa shape index (κ3) is 4.83. The molecule has 32 heavy (non-hydrogen) atoms. The highest BCUT2D eigenvalue weighted by molar-refractivity contribution is 5.66. The van der Waals surface area contributed by atoms with Crippen LogP contribution in [0.5, 0.6) is 0 Å². The van der Waals surface area contributed by atoms with Gasteiger partial charge in [0.05, 0.1) is 5.56 Å². The van der Waals surface area contributed by atoms with E-state index in [2.05, 4.69) is 25.4 Å². The molecule has 0 fully saturated rings. The van der Waals surface area contributed by atoms with E-state index in [9.17, 15) is 26.3 Å². The zero-order valence-corrected chi connectivity index (χ0v) is 15.9. The van der Waals surface area contributed by atoms with Crippen molar-refractivity contribution in [2.75, 3.05) is 5.32 Å². The van der Waals surface area contributed by atoms with Crippen LogP contribution in [-0.2, 0) is 25.2 Å². The smallest absolute Gasteiger partial charge is 0.307 e. The van der Waals surface area contributed by atoms with Crippen LogP contribution in [-0.4, -0.2) is 25.1 Å². The molecule has 12 heteroatoms. The average Bonchev–Trinajstić information content (AvgIpc) is 3.04. The lowest BCUT2D eigenvalue weighted by Crippen LogP contribution is -2.11. The number of hydrogen-bond acceptors (Lipinski definition) is 5. The molecule has 2 heterocycles. The molecule has 0 unspecified atom stereocenters. The second-order valence-electron chi connectivity index (χ2n) is 7.06. The third-order valence-electron chi connectivity index (χ3n) is 4.89. The Bertz CT molecular complexity index is 1090. The minimum absolute atomic E-state index is 0. The molecular weight excluding hydrogens is 438 g/mol. The Hall–Kier alpha value is -3.18. The van der Waals surface area contributed by atoms with Crippen molar-refractivity contribution in [2.24, 2.45) is 0 Å². The zero-order chi connectivity index (χ0) is 22.2. The number of rotatable bonds is 3. The fourth-order valence-electron chi connectivity index (χ4n) is 3.47. The van der Waals surface area contributed by atoms with Crippen molar-refractivity contribution in [2.45, 2.75) is 51.9 Å². The van der Waals surface area contributed by atoms with Gasteiger partial charge in [0.2, 0.25) is 11.8 Å². The number of aromatic amines is 1. The van der Waals surface area contributed by atoms with Gasteiger partial charge in [-0.1, -0.05) is 32.0 Å². The molecule has 0 saturated heterocycles. The number of H-pyrrole nitrogens is 1. The topological polar surface area (TPSA) is 79.4 Å². The number of halogens is 6. The Morgan fingerprint density at radius 2 is 1.56 bits per heavy atom. The first-order chi connectivity index (χ1) is 14.6. The number of nitrogens with one attached hydrogen (secondary N) is 2. The number of aryl methyl sites for hydroxylation is 1. The zero-order valence-electron chi connectivity index (χ0n) is 15.9. The van der Waals surface area contributed by atoms with Crippen LogP contribution in [0.1, 0.15) is 49.3 Å². The highest BCUT2D eigenvalue weighted by atomic mass is 19.4. The molecule has 0 aliphatic heterocycles. The second-order valence-corrected chi connectivity index (χ2v) is 7.06. The Morgan fingerprint density at radius 1 is 0.844 bits per heavy atom. The molecule has 1 aliphatic carbocycles. The van der Waals surface area contributed by atoms with Crippen LogP contribution in [0.4, 0.5) is 38.1 Å². The van der Waals surface area contributed by atoms with Gasteiger partial charge in [-0.15, -0.1) is 5.10 Å². The minimum atomic E-state index is -4.72. The van der Waals surface area contributed by atoms with Gasteiger partial charge >= 0.3 is 12.4 Å². The van der Waals surface area contributed by atoms with Crippen molar-refractivity contribution in [3.63, 3.8) is 0 Å². The lowest BCUT2D eigenvalue weighted by atomic mass is 10.0. The Balaban J connectivity index is 0.00000289. The summed E-state index contributed by atoms with van der Waals surface area (Å²) in [6.45, 7) is 0. The lowest BCUT2D eigenvalue weighted by molar-refractivity contribution is -0.144. The number of fused-ring (bicyclic) bond motifs is 1. The normalized spacial score (nSPS) is 14.3. The molecule has 0 bridgehead atoms. The first-order valence-electron chi connectivity index (χ1n) is 9.46. The number of nitrogens with zero attached hydrogens (tertiary/aromatic N) is 4. The predicted octanol–water partition coefficient (Wildman–Crippen LogP) is 5.95. The van der Waals surface area contributed by atoms with E-state index < -0.39 is 23.7 Å². The van der Waals surface area contributed by atoms with E-state index in [1.165, 1.54) is 18.2 Å². The van der Waals surface area contributed by atoms with E-state index in [0.29, 0.717) is 24.1 Å². The predicted molar refractivity (Wildman–Crippen MR) is 105 cm³/mol. The maximum Gasteiger partial charge on any atom is 0.451 e. The molecule has 2 N–H and O–H groups in total. The van der Waals surface area contributed by atoms with Crippen LogP contribution < -0.4 is 5.32 Å². The standard InChI is InChI=1S/C19H16F6N6.CH4/c20-18(21,22)12-8-5-4-6-10(12)14-26-13-9-3-1-2-7-11(13)15(27-14)28-17-29-16(30-31-17)19(23,24)25;/h4-6,8H,1-3,7,9H2,(H2,26,27,28,29,30,31);1H4. The molecule has 0 spiro atoms. The lowest BCUT2D eigenvalue weighted by Gasteiger charge is -2.16. The summed E-state index contributed by atoms with van der Waals surface area (Å²) in [4.78, 5) is 12.0. The Morgan fingerprint density at radius 3 is 2.25 bits per heavy atom. The van der Waals surface area contributed by atoms with Gasteiger partial charge in [-0.2, -0.15) is 31.3 Å². The largest absolute Gasteiger partial charge is 0.451 e. The van der Waals surface area contributed by atoms with Crippen LogP contribution in [0.15, 0.2) is 24.3 Å². The molecular formula is C20H20F6N6. The molecule has 3 aromatic rings. The molecule has 0 atom stereocenters. The quantitative estimate of drug-likeness (QED) is 0.375. The van der Waals surface area contributed by atoms with E-state index in [4.69, 9.17) is 0 Å². The SMILES string of the molecule is C.FC(F)(F)c1nc(Nc2nc(-c3ccccc3C(F)(F)F)nc3c2CCCCC3)n[nH]1. The molecule has 1 aromatic carbocycles. The van der Waals surface area contributed by atoms with E-state index in [-0.39, 0.29) is 30.6 Å². The van der Waals surface area contributed by atoms with Gasteiger partial charge in [0.25, 0.3) is 0 Å². The highest BCUT2D eigenvalue weighted by Gasteiger charge is 2.36. The number of benzene rings is 1. The highest BCUT2D eigenvalue weighted by Crippen LogP contribution is 2.37.